The third kappa shape index (κ3) is 2.98. The van der Waals surface area contributed by atoms with Crippen molar-refractivity contribution in [2.75, 3.05) is 13.1 Å². The van der Waals surface area contributed by atoms with Crippen LogP contribution in [0.4, 0.5) is 0 Å². The van der Waals surface area contributed by atoms with Gasteiger partial charge in [0.15, 0.2) is 0 Å². The van der Waals surface area contributed by atoms with Gasteiger partial charge in [-0.3, -0.25) is 0 Å². The van der Waals surface area contributed by atoms with Crippen LogP contribution in [-0.2, 0) is 15.6 Å². The second kappa shape index (κ2) is 4.51. The van der Waals surface area contributed by atoms with E-state index in [1.54, 1.807) is 5.04 Å². The summed E-state index contributed by atoms with van der Waals surface area (Å²) in [6.45, 7) is 6.22. The Bertz CT molecular complexity index is 50.0. The molecule has 0 saturated heterocycles. The summed E-state index contributed by atoms with van der Waals surface area (Å²) in [5, 5.41) is 1.67. The molecule has 0 bridgehead atoms. The predicted molar refractivity (Wildman–Crippen MR) is 29.0 cm³/mol. The molecule has 0 aromatic heterocycles. The molecule has 0 N–H and O–H groups in total. The monoisotopic (exact) mass is 148 g/mol. The van der Waals surface area contributed by atoms with Crippen LogP contribution in [0.5, 0.6) is 0 Å². The minimum atomic E-state index is 1.02. The molecule has 0 unspecified atom stereocenters. The van der Waals surface area contributed by atoms with E-state index in [2.05, 4.69) is 18.7 Å². The fourth-order valence-electron chi connectivity index (χ4n) is 0.334. The van der Waals surface area contributed by atoms with Crippen molar-refractivity contribution in [3.05, 3.63) is 0 Å². The minimum absolute atomic E-state index is 1.02. The van der Waals surface area contributed by atoms with E-state index in [9.17, 15) is 0 Å². The average molecular weight is 149 g/mol. The van der Waals surface area contributed by atoms with Crippen molar-refractivity contribution >= 4 is 5.04 Å². The molecule has 1 nitrogen and oxygen atoms in total. The summed E-state index contributed by atoms with van der Waals surface area (Å²) in [6.07, 6.45) is 0. The van der Waals surface area contributed by atoms with Gasteiger partial charge in [-0.25, -0.2) is 0 Å². The van der Waals surface area contributed by atoms with Gasteiger partial charge in [0.2, 0.25) is 0 Å². The number of hydrogen-bond acceptors (Lipinski definition) is 1. The molecule has 2 heteroatoms. The number of nitrogens with zero attached hydrogens (tertiary/aromatic N) is 1. The summed E-state index contributed by atoms with van der Waals surface area (Å²) in [5.74, 6) is 0. The Morgan fingerprint density at radius 3 is 1.86 bits per heavy atom. The van der Waals surface area contributed by atoms with E-state index >= 15 is 0 Å². The van der Waals surface area contributed by atoms with Gasteiger partial charge < -0.3 is 0 Å². The van der Waals surface area contributed by atoms with Crippen molar-refractivity contribution in [2.45, 2.75) is 13.8 Å². The van der Waals surface area contributed by atoms with E-state index < -0.39 is 0 Å². The Kier molecular flexibility index (Phi) is 4.73. The van der Waals surface area contributed by atoms with Crippen molar-refractivity contribution in [2.24, 2.45) is 0 Å². The zero-order valence-electron chi connectivity index (χ0n) is 4.74. The molecule has 0 fully saturated rings. The predicted octanol–water partition coefficient (Wildman–Crippen LogP) is 0.635. The molecule has 0 saturated carbocycles. The molecule has 0 atom stereocenters. The first-order valence-corrected chi connectivity index (χ1v) is 3.02. The first-order valence-electron chi connectivity index (χ1n) is 2.48. The van der Waals surface area contributed by atoms with Gasteiger partial charge in [0.1, 0.15) is 0 Å². The van der Waals surface area contributed by atoms with Gasteiger partial charge in [0, 0.05) is 0 Å². The zero-order chi connectivity index (χ0) is 5.70. The van der Waals surface area contributed by atoms with E-state index in [4.69, 9.17) is 15.6 Å². The quantitative estimate of drug-likeness (QED) is 0.531. The van der Waals surface area contributed by atoms with Gasteiger partial charge in [-0.2, -0.15) is 0 Å². The van der Waals surface area contributed by atoms with E-state index in [-0.39, 0.29) is 0 Å². The third-order valence-electron chi connectivity index (χ3n) is 0.922. The fourth-order valence-corrected chi connectivity index (χ4v) is 0.678. The summed E-state index contributed by atoms with van der Waals surface area (Å²) in [4.78, 5) is 2.06. The van der Waals surface area contributed by atoms with Crippen LogP contribution in [-0.4, -0.2) is 23.0 Å². The van der Waals surface area contributed by atoms with Crippen molar-refractivity contribution in [1.29, 1.82) is 0 Å². The Balaban J connectivity index is 3.16. The van der Waals surface area contributed by atoms with Crippen LogP contribution in [0, 0.1) is 0 Å². The standard InChI is InChI=1S/C5H11N.Cu/c1-4-6(3)5-2;/h3H,4-5H2,1-2H3;. The summed E-state index contributed by atoms with van der Waals surface area (Å²) in [5.41, 5.74) is 0. The van der Waals surface area contributed by atoms with E-state index in [0.717, 1.165) is 13.1 Å². The molecule has 7 heavy (non-hydrogen) atoms. The van der Waals surface area contributed by atoms with E-state index in [1.165, 1.54) is 0 Å². The van der Waals surface area contributed by atoms with Crippen molar-refractivity contribution in [1.82, 2.24) is 4.90 Å². The van der Waals surface area contributed by atoms with Crippen LogP contribution in [0.15, 0.2) is 0 Å². The Labute approximate surface area is 53.1 Å². The van der Waals surface area contributed by atoms with Crippen LogP contribution in [0.3, 0.4) is 0 Å². The van der Waals surface area contributed by atoms with Crippen LogP contribution in [0.1, 0.15) is 13.8 Å². The molecular weight excluding hydrogens is 138 g/mol. The van der Waals surface area contributed by atoms with Crippen LogP contribution < -0.4 is 0 Å². The molecule has 0 spiro atoms. The molecule has 0 aromatic rings. The second-order valence-electron chi connectivity index (χ2n) is 1.30. The molecule has 0 aromatic carbocycles. The van der Waals surface area contributed by atoms with Gasteiger partial charge in [-0.1, -0.05) is 0 Å². The van der Waals surface area contributed by atoms with Gasteiger partial charge >= 0.3 is 52.5 Å². The van der Waals surface area contributed by atoms with Gasteiger partial charge in [-0.15, -0.1) is 0 Å². The third-order valence-corrected chi connectivity index (χ3v) is 1.27. The van der Waals surface area contributed by atoms with E-state index in [0.29, 0.717) is 0 Å². The SMILES string of the molecule is CCN([CH]=[Cu])CC. The van der Waals surface area contributed by atoms with Gasteiger partial charge in [0.25, 0.3) is 0 Å². The number of rotatable bonds is 3. The zero-order valence-corrected chi connectivity index (χ0v) is 5.68. The molecular formula is C5H11CuN. The van der Waals surface area contributed by atoms with Crippen molar-refractivity contribution < 1.29 is 15.6 Å². The molecule has 47 valence electrons. The molecule has 0 radical (unpaired) electrons. The molecule has 0 aliphatic heterocycles. The number of hydrogen-bond donors (Lipinski definition) is 0. The Morgan fingerprint density at radius 2 is 1.86 bits per heavy atom. The first-order chi connectivity index (χ1) is 3.35. The molecule has 0 aliphatic rings. The molecule has 0 amide bonds. The fraction of sp³-hybridized carbons (Fsp3) is 0.800. The summed E-state index contributed by atoms with van der Waals surface area (Å²) >= 11 is 4.80. The van der Waals surface area contributed by atoms with Gasteiger partial charge in [0.05, 0.1) is 0 Å². The van der Waals surface area contributed by atoms with E-state index in [1.807, 2.05) is 0 Å². The molecule has 0 rings (SSSR count). The normalized spacial score (nSPS) is 9.86. The topological polar surface area (TPSA) is 3.24 Å². The maximum atomic E-state index is 4.80. The van der Waals surface area contributed by atoms with Crippen LogP contribution >= 0.6 is 0 Å². The Morgan fingerprint density at radius 1 is 1.43 bits per heavy atom. The summed E-state index contributed by atoms with van der Waals surface area (Å²) < 4.78 is 0. The summed E-state index contributed by atoms with van der Waals surface area (Å²) in [6, 6.07) is 0. The van der Waals surface area contributed by atoms with Crippen molar-refractivity contribution in [3.8, 4) is 0 Å². The van der Waals surface area contributed by atoms with Crippen LogP contribution in [0.25, 0.3) is 0 Å². The average Bonchev–Trinajstić information content (AvgIpc) is 1.72. The summed E-state index contributed by atoms with van der Waals surface area (Å²) in [7, 11) is 0. The first kappa shape index (κ1) is 7.35. The Hall–Kier alpha value is 0.349. The molecule has 0 aliphatic carbocycles. The van der Waals surface area contributed by atoms with Gasteiger partial charge in [-0.05, 0) is 0 Å². The molecule has 0 heterocycles. The van der Waals surface area contributed by atoms with Crippen LogP contribution in [0.2, 0.25) is 0 Å². The second-order valence-corrected chi connectivity index (χ2v) is 1.54. The van der Waals surface area contributed by atoms with Crippen molar-refractivity contribution in [3.63, 3.8) is 0 Å². The maximum absolute atomic E-state index is 4.80.